The largest absolute Gasteiger partial charge is 0.358 e. The van der Waals surface area contributed by atoms with Crippen LogP contribution in [0.25, 0.3) is 16.5 Å². The van der Waals surface area contributed by atoms with Gasteiger partial charge in [0.15, 0.2) is 0 Å². The number of aryl methyl sites for hydroxylation is 1. The molecule has 10 nitrogen and oxygen atoms in total. The summed E-state index contributed by atoms with van der Waals surface area (Å²) in [6.45, 7) is 10.7. The van der Waals surface area contributed by atoms with Crippen LogP contribution >= 0.6 is 0 Å². The van der Waals surface area contributed by atoms with Gasteiger partial charge in [0.05, 0.1) is 5.92 Å². The van der Waals surface area contributed by atoms with Gasteiger partial charge < -0.3 is 20.3 Å². The zero-order chi connectivity index (χ0) is 30.6. The maximum absolute atomic E-state index is 14.4. The fourth-order valence-corrected chi connectivity index (χ4v) is 8.37. The van der Waals surface area contributed by atoms with Crippen molar-refractivity contribution in [2.75, 3.05) is 20.1 Å². The van der Waals surface area contributed by atoms with Gasteiger partial charge in [-0.25, -0.2) is 0 Å². The van der Waals surface area contributed by atoms with Crippen molar-refractivity contribution >= 4 is 34.2 Å². The molecule has 3 fully saturated rings. The number of aliphatic hydroxyl groups is 1. The minimum absolute atomic E-state index is 0.107. The zero-order valence-corrected chi connectivity index (χ0v) is 25.9. The summed E-state index contributed by atoms with van der Waals surface area (Å²) in [6.07, 6.45) is 4.56. The Morgan fingerprint density at radius 2 is 2.00 bits per heavy atom. The van der Waals surface area contributed by atoms with Crippen molar-refractivity contribution in [2.24, 2.45) is 17.8 Å². The second kappa shape index (κ2) is 9.64. The lowest BCUT2D eigenvalue weighted by atomic mass is 9.79. The number of nitrogens with zero attached hydrogens (tertiary/aromatic N) is 3. The summed E-state index contributed by atoms with van der Waals surface area (Å²) in [7, 11) is 2.04. The summed E-state index contributed by atoms with van der Waals surface area (Å²) < 4.78 is 6.45. The van der Waals surface area contributed by atoms with Gasteiger partial charge in [0.2, 0.25) is 17.5 Å². The van der Waals surface area contributed by atoms with E-state index >= 15 is 0 Å². The van der Waals surface area contributed by atoms with Crippen LogP contribution in [0, 0.1) is 24.7 Å². The van der Waals surface area contributed by atoms with Gasteiger partial charge in [-0.05, 0) is 68.3 Å². The minimum atomic E-state index is -2.01. The first-order valence-electron chi connectivity index (χ1n) is 15.8. The number of amides is 3. The number of H-pyrrole nitrogens is 1. The third-order valence-electron chi connectivity index (χ3n) is 10.5. The molecule has 3 N–H and O–H groups in total. The van der Waals surface area contributed by atoms with Crippen molar-refractivity contribution in [1.29, 1.82) is 0 Å². The normalized spacial score (nSPS) is 33.7. The highest BCUT2D eigenvalue weighted by Crippen LogP contribution is 2.48. The number of aromatic amines is 1. The molecule has 2 aromatic rings. The Kier molecular flexibility index (Phi) is 6.40. The Balaban J connectivity index is 1.25. The summed E-state index contributed by atoms with van der Waals surface area (Å²) in [5, 5.41) is 16.4. The number of hydrogen-bond donors (Lipinski definition) is 3. The number of benzene rings is 1. The third-order valence-corrected chi connectivity index (χ3v) is 10.5. The molecule has 10 heteroatoms. The summed E-state index contributed by atoms with van der Waals surface area (Å²) in [5.74, 6) is -3.97. The molecular weight excluding hydrogens is 546 g/mol. The zero-order valence-electron chi connectivity index (χ0n) is 25.9. The van der Waals surface area contributed by atoms with Gasteiger partial charge in [0.1, 0.15) is 12.1 Å². The summed E-state index contributed by atoms with van der Waals surface area (Å²) in [6, 6.07) is 4.87. The van der Waals surface area contributed by atoms with Crippen molar-refractivity contribution < 1.29 is 24.2 Å². The number of aromatic nitrogens is 1. The van der Waals surface area contributed by atoms with Gasteiger partial charge >= 0.3 is 0 Å². The number of carbonyl (C=O) groups excluding carboxylic acids is 3. The van der Waals surface area contributed by atoms with Crippen molar-refractivity contribution in [3.8, 4) is 0 Å². The van der Waals surface area contributed by atoms with Crippen LogP contribution < -0.4 is 5.32 Å². The van der Waals surface area contributed by atoms with Crippen LogP contribution in [0.4, 0.5) is 0 Å². The van der Waals surface area contributed by atoms with Crippen molar-refractivity contribution in [3.63, 3.8) is 0 Å². The maximum atomic E-state index is 14.4. The van der Waals surface area contributed by atoms with Crippen LogP contribution in [0.1, 0.15) is 63.8 Å². The molecule has 7 rings (SSSR count). The molecule has 0 saturated carbocycles. The molecule has 1 aliphatic carbocycles. The number of rotatable bonds is 5. The molecule has 0 bridgehead atoms. The van der Waals surface area contributed by atoms with E-state index in [9.17, 15) is 19.5 Å². The van der Waals surface area contributed by atoms with Crippen LogP contribution in [-0.4, -0.2) is 92.4 Å². The molecule has 5 aliphatic rings. The standard InChI is InChI=1S/C33H43N5O5/c1-17(2)13-26-30(40)37-12-8-11-27(37)33(42)38(26)31(41)32(43-33,18(3)4)35-29(39)20-14-23-21-9-7-10-24-28(21)22(19(5)34-24)15-25(23)36(6)16-20/h7,9-10,14,17-18,20,25-27,34,42H,8,11-13,15-16H2,1-6H3,(H,35,39)/t20-,25-,26+,27+,32-,33+/m1/s1. The Morgan fingerprint density at radius 3 is 2.72 bits per heavy atom. The van der Waals surface area contributed by atoms with Crippen LogP contribution in [0.5, 0.6) is 0 Å². The number of nitrogens with one attached hydrogen (secondary N) is 2. The Morgan fingerprint density at radius 1 is 1.23 bits per heavy atom. The molecule has 4 aliphatic heterocycles. The summed E-state index contributed by atoms with van der Waals surface area (Å²) >= 11 is 0. The summed E-state index contributed by atoms with van der Waals surface area (Å²) in [4.78, 5) is 50.9. The second-order valence-corrected chi connectivity index (χ2v) is 14.0. The topological polar surface area (TPSA) is 118 Å². The maximum Gasteiger partial charge on any atom is 0.281 e. The molecule has 3 amide bonds. The van der Waals surface area contributed by atoms with Gasteiger partial charge in [-0.1, -0.05) is 45.9 Å². The average Bonchev–Trinajstić information content (AvgIpc) is 3.63. The second-order valence-electron chi connectivity index (χ2n) is 14.0. The van der Waals surface area contributed by atoms with E-state index in [-0.39, 0.29) is 23.8 Å². The molecule has 0 radical (unpaired) electrons. The minimum Gasteiger partial charge on any atom is -0.358 e. The van der Waals surface area contributed by atoms with Crippen LogP contribution in [0.15, 0.2) is 24.3 Å². The molecular formula is C33H43N5O5. The molecule has 43 heavy (non-hydrogen) atoms. The third kappa shape index (κ3) is 3.92. The van der Waals surface area contributed by atoms with Crippen LogP contribution in [0.2, 0.25) is 0 Å². The first kappa shape index (κ1) is 28.6. The van der Waals surface area contributed by atoms with Gasteiger partial charge in [0.25, 0.3) is 11.8 Å². The van der Waals surface area contributed by atoms with Crippen LogP contribution in [0.3, 0.4) is 0 Å². The highest BCUT2D eigenvalue weighted by atomic mass is 16.7. The quantitative estimate of drug-likeness (QED) is 0.494. The highest BCUT2D eigenvalue weighted by molar-refractivity contribution is 6.01. The number of piperazine rings is 1. The molecule has 5 heterocycles. The van der Waals surface area contributed by atoms with Crippen molar-refractivity contribution in [1.82, 2.24) is 25.0 Å². The number of likely N-dealkylation sites (N-methyl/N-ethyl adjacent to an activating group) is 1. The first-order chi connectivity index (χ1) is 20.4. The molecule has 1 aromatic carbocycles. The van der Waals surface area contributed by atoms with Crippen LogP contribution in [-0.2, 0) is 25.5 Å². The van der Waals surface area contributed by atoms with Crippen molar-refractivity contribution in [2.45, 2.75) is 90.1 Å². The van der Waals surface area contributed by atoms with E-state index in [0.29, 0.717) is 25.9 Å². The monoisotopic (exact) mass is 589 g/mol. The number of ether oxygens (including phenoxy) is 1. The highest BCUT2D eigenvalue weighted by Gasteiger charge is 2.72. The van der Waals surface area contributed by atoms with Gasteiger partial charge in [-0.3, -0.25) is 28.9 Å². The lowest BCUT2D eigenvalue weighted by Gasteiger charge is -2.49. The van der Waals surface area contributed by atoms with Gasteiger partial charge in [-0.15, -0.1) is 0 Å². The fraction of sp³-hybridized carbons (Fsp3) is 0.606. The SMILES string of the molecule is Cc1[nH]c2cccc3c2c1C[C@@H]1C3=C[C@@H](C(=O)N[C@]2(C(C)C)O[C@@]3(O)[C@@H]4CCCN4C(=O)[C@H](CC(C)C)N3C2=O)CN1C. The smallest absolute Gasteiger partial charge is 0.281 e. The lowest BCUT2D eigenvalue weighted by molar-refractivity contribution is -0.322. The Labute approximate surface area is 252 Å². The van der Waals surface area contributed by atoms with Gasteiger partial charge in [0, 0.05) is 41.6 Å². The van der Waals surface area contributed by atoms with Crippen molar-refractivity contribution in [3.05, 3.63) is 41.1 Å². The van der Waals surface area contributed by atoms with E-state index in [4.69, 9.17) is 4.74 Å². The Hall–Kier alpha value is -3.21. The summed E-state index contributed by atoms with van der Waals surface area (Å²) in [5.41, 5.74) is 4.04. The van der Waals surface area contributed by atoms with Gasteiger partial charge in [-0.2, -0.15) is 0 Å². The number of carbonyl (C=O) groups is 3. The first-order valence-corrected chi connectivity index (χ1v) is 15.8. The predicted molar refractivity (Wildman–Crippen MR) is 161 cm³/mol. The lowest BCUT2D eigenvalue weighted by Crippen LogP contribution is -2.71. The number of hydrogen-bond acceptors (Lipinski definition) is 6. The van der Waals surface area contributed by atoms with E-state index in [1.807, 2.05) is 40.8 Å². The molecule has 230 valence electrons. The molecule has 1 aromatic heterocycles. The molecule has 3 saturated heterocycles. The number of fused-ring (bicyclic) bond motifs is 5. The van der Waals surface area contributed by atoms with E-state index < -0.39 is 41.5 Å². The van der Waals surface area contributed by atoms with E-state index in [1.165, 1.54) is 21.5 Å². The molecule has 0 spiro atoms. The van der Waals surface area contributed by atoms with E-state index in [1.54, 1.807) is 4.90 Å². The van der Waals surface area contributed by atoms with E-state index in [2.05, 4.69) is 40.3 Å². The molecule has 0 unspecified atom stereocenters. The fourth-order valence-electron chi connectivity index (χ4n) is 8.37. The molecule has 6 atom stereocenters. The predicted octanol–water partition coefficient (Wildman–Crippen LogP) is 2.74. The average molecular weight is 590 g/mol. The van der Waals surface area contributed by atoms with E-state index in [0.717, 1.165) is 29.5 Å². The Bertz CT molecular complexity index is 1560.